The molecule has 0 aromatic carbocycles. The van der Waals surface area contributed by atoms with E-state index in [1.165, 1.54) is 11.3 Å². The zero-order valence-corrected chi connectivity index (χ0v) is 13.9. The second kappa shape index (κ2) is 7.39. The number of hydrogen-bond acceptors (Lipinski definition) is 9. The molecule has 8 nitrogen and oxygen atoms in total. The summed E-state index contributed by atoms with van der Waals surface area (Å²) in [5, 5.41) is 13.9. The van der Waals surface area contributed by atoms with E-state index < -0.39 is 6.29 Å². The first-order chi connectivity index (χ1) is 11.6. The number of nitrogens with one attached hydrogen (secondary N) is 1. The summed E-state index contributed by atoms with van der Waals surface area (Å²) < 4.78 is 5.47. The Kier molecular flexibility index (Phi) is 5.04. The van der Waals surface area contributed by atoms with Crippen LogP contribution in [0.25, 0.3) is 11.5 Å². The molecular formula is C15H16N6O2S. The molecule has 124 valence electrons. The van der Waals surface area contributed by atoms with Crippen molar-refractivity contribution in [3.63, 3.8) is 0 Å². The molecule has 0 aliphatic carbocycles. The lowest BCUT2D eigenvalue weighted by Gasteiger charge is -2.13. The van der Waals surface area contributed by atoms with Crippen molar-refractivity contribution < 1.29 is 9.84 Å². The third-order valence-corrected chi connectivity index (χ3v) is 3.84. The van der Waals surface area contributed by atoms with Gasteiger partial charge in [-0.3, -0.25) is 0 Å². The van der Waals surface area contributed by atoms with E-state index in [0.717, 1.165) is 0 Å². The lowest BCUT2D eigenvalue weighted by molar-refractivity contribution is -0.126. The molecule has 0 aliphatic heterocycles. The fraction of sp³-hybridized carbons (Fsp3) is 0.267. The number of thiazole rings is 1. The smallest absolute Gasteiger partial charge is 0.228 e. The van der Waals surface area contributed by atoms with E-state index in [4.69, 9.17) is 4.74 Å². The van der Waals surface area contributed by atoms with Crippen molar-refractivity contribution >= 4 is 22.4 Å². The lowest BCUT2D eigenvalue weighted by Crippen LogP contribution is -2.09. The van der Waals surface area contributed by atoms with Crippen LogP contribution >= 0.6 is 11.3 Å². The topological polar surface area (TPSA) is 106 Å². The van der Waals surface area contributed by atoms with Crippen molar-refractivity contribution in [2.75, 3.05) is 5.32 Å². The van der Waals surface area contributed by atoms with Crippen molar-refractivity contribution in [2.24, 2.45) is 0 Å². The van der Waals surface area contributed by atoms with Crippen molar-refractivity contribution in [1.82, 2.24) is 24.9 Å². The lowest BCUT2D eigenvalue weighted by atomic mass is 10.3. The van der Waals surface area contributed by atoms with Crippen LogP contribution in [-0.4, -0.2) is 36.1 Å². The predicted octanol–water partition coefficient (Wildman–Crippen LogP) is 2.55. The molecule has 0 bridgehead atoms. The molecule has 0 fully saturated rings. The van der Waals surface area contributed by atoms with Crippen molar-refractivity contribution in [3.8, 4) is 11.5 Å². The maximum Gasteiger partial charge on any atom is 0.228 e. The maximum absolute atomic E-state index is 10.3. The Hall–Kier alpha value is -2.49. The van der Waals surface area contributed by atoms with Crippen LogP contribution in [0, 0.1) is 0 Å². The maximum atomic E-state index is 10.3. The molecule has 0 amide bonds. The van der Waals surface area contributed by atoms with E-state index in [1.807, 2.05) is 13.8 Å². The highest BCUT2D eigenvalue weighted by atomic mass is 32.1. The zero-order valence-electron chi connectivity index (χ0n) is 13.1. The summed E-state index contributed by atoms with van der Waals surface area (Å²) in [7, 11) is 0. The highest BCUT2D eigenvalue weighted by Gasteiger charge is 2.23. The minimum absolute atomic E-state index is 0.138. The predicted molar refractivity (Wildman–Crippen MR) is 89.6 cm³/mol. The van der Waals surface area contributed by atoms with Crippen LogP contribution in [0.1, 0.15) is 25.0 Å². The van der Waals surface area contributed by atoms with Crippen LogP contribution in [0.3, 0.4) is 0 Å². The van der Waals surface area contributed by atoms with Gasteiger partial charge in [0.25, 0.3) is 0 Å². The SMILES string of the molecule is CC(C)OC(O)c1sc(Nc2ncccn2)nc1-c1ncccn1. The molecule has 9 heteroatoms. The first-order valence-electron chi connectivity index (χ1n) is 7.29. The van der Waals surface area contributed by atoms with Crippen LogP contribution < -0.4 is 5.32 Å². The van der Waals surface area contributed by atoms with Gasteiger partial charge in [-0.25, -0.2) is 24.9 Å². The Labute approximate surface area is 142 Å². The van der Waals surface area contributed by atoms with Gasteiger partial charge in [0.1, 0.15) is 5.69 Å². The molecule has 0 aliphatic rings. The fourth-order valence-electron chi connectivity index (χ4n) is 1.91. The van der Waals surface area contributed by atoms with Gasteiger partial charge in [0.2, 0.25) is 5.95 Å². The summed E-state index contributed by atoms with van der Waals surface area (Å²) in [6.07, 6.45) is 5.24. The number of anilines is 2. The Morgan fingerprint density at radius 1 is 1.04 bits per heavy atom. The number of aliphatic hydroxyl groups is 1. The number of ether oxygens (including phenoxy) is 1. The average molecular weight is 344 g/mol. The highest BCUT2D eigenvalue weighted by Crippen LogP contribution is 2.35. The molecule has 3 rings (SSSR count). The molecule has 0 spiro atoms. The first kappa shape index (κ1) is 16.4. The molecule has 3 heterocycles. The van der Waals surface area contributed by atoms with Crippen LogP contribution in [0.15, 0.2) is 36.9 Å². The van der Waals surface area contributed by atoms with Gasteiger partial charge >= 0.3 is 0 Å². The average Bonchev–Trinajstić information content (AvgIpc) is 3.00. The van der Waals surface area contributed by atoms with Gasteiger partial charge in [-0.2, -0.15) is 0 Å². The molecule has 0 saturated carbocycles. The number of aromatic nitrogens is 5. The van der Waals surface area contributed by atoms with E-state index >= 15 is 0 Å². The van der Waals surface area contributed by atoms with Crippen LogP contribution in [0.5, 0.6) is 0 Å². The van der Waals surface area contributed by atoms with Gasteiger partial charge in [0.05, 0.1) is 11.0 Å². The van der Waals surface area contributed by atoms with Crippen LogP contribution in [-0.2, 0) is 4.74 Å². The van der Waals surface area contributed by atoms with Gasteiger partial charge in [0.15, 0.2) is 17.2 Å². The third-order valence-electron chi connectivity index (χ3n) is 2.84. The molecule has 24 heavy (non-hydrogen) atoms. The van der Waals surface area contributed by atoms with E-state index in [9.17, 15) is 5.11 Å². The highest BCUT2D eigenvalue weighted by molar-refractivity contribution is 7.16. The monoisotopic (exact) mass is 344 g/mol. The minimum atomic E-state index is -1.12. The summed E-state index contributed by atoms with van der Waals surface area (Å²) in [5.74, 6) is 0.829. The fourth-order valence-corrected chi connectivity index (χ4v) is 2.79. The standard InChI is InChI=1S/C15H16N6O2S/c1-9(2)23-13(22)11-10(12-16-5-3-6-17-12)20-15(24-11)21-14-18-7-4-8-19-14/h3-9,13,22H,1-2H3,(H,18,19,20,21). The number of rotatable bonds is 6. The van der Waals surface area contributed by atoms with Crippen molar-refractivity contribution in [3.05, 3.63) is 41.8 Å². The normalized spacial score (nSPS) is 12.3. The van der Waals surface area contributed by atoms with Gasteiger partial charge in [-0.05, 0) is 26.0 Å². The molecular weight excluding hydrogens is 328 g/mol. The molecule has 1 atom stereocenters. The Balaban J connectivity index is 1.96. The quantitative estimate of drug-likeness (QED) is 0.657. The van der Waals surface area contributed by atoms with E-state index in [-0.39, 0.29) is 6.10 Å². The minimum Gasteiger partial charge on any atom is -0.364 e. The molecule has 3 aromatic heterocycles. The Morgan fingerprint density at radius 3 is 2.29 bits per heavy atom. The third kappa shape index (κ3) is 3.88. The zero-order chi connectivity index (χ0) is 16.9. The van der Waals surface area contributed by atoms with Crippen LogP contribution in [0.4, 0.5) is 11.1 Å². The summed E-state index contributed by atoms with van der Waals surface area (Å²) >= 11 is 1.24. The summed E-state index contributed by atoms with van der Waals surface area (Å²) in [6.45, 7) is 3.69. The van der Waals surface area contributed by atoms with E-state index in [1.54, 1.807) is 36.9 Å². The van der Waals surface area contributed by atoms with Gasteiger partial charge < -0.3 is 15.2 Å². The van der Waals surface area contributed by atoms with E-state index in [0.29, 0.717) is 27.5 Å². The molecule has 3 aromatic rings. The van der Waals surface area contributed by atoms with Crippen LogP contribution in [0.2, 0.25) is 0 Å². The molecule has 0 radical (unpaired) electrons. The van der Waals surface area contributed by atoms with Crippen molar-refractivity contribution in [2.45, 2.75) is 26.2 Å². The second-order valence-corrected chi connectivity index (χ2v) is 6.07. The molecule has 1 unspecified atom stereocenters. The molecule has 0 saturated heterocycles. The van der Waals surface area contributed by atoms with Gasteiger partial charge in [-0.1, -0.05) is 11.3 Å². The number of hydrogen-bond donors (Lipinski definition) is 2. The summed E-state index contributed by atoms with van der Waals surface area (Å²) in [4.78, 5) is 21.6. The number of nitrogens with zero attached hydrogens (tertiary/aromatic N) is 5. The number of aliphatic hydroxyl groups excluding tert-OH is 1. The largest absolute Gasteiger partial charge is 0.364 e. The van der Waals surface area contributed by atoms with E-state index in [2.05, 4.69) is 30.2 Å². The first-order valence-corrected chi connectivity index (χ1v) is 8.11. The van der Waals surface area contributed by atoms with Crippen molar-refractivity contribution in [1.29, 1.82) is 0 Å². The Morgan fingerprint density at radius 2 is 1.67 bits per heavy atom. The van der Waals surface area contributed by atoms with Gasteiger partial charge in [-0.15, -0.1) is 0 Å². The Bertz CT molecular complexity index is 781. The molecule has 2 N–H and O–H groups in total. The summed E-state index contributed by atoms with van der Waals surface area (Å²) in [6, 6.07) is 3.44. The second-order valence-electron chi connectivity index (χ2n) is 5.04. The summed E-state index contributed by atoms with van der Waals surface area (Å²) in [5.41, 5.74) is 0.465. The van der Waals surface area contributed by atoms with Gasteiger partial charge in [0, 0.05) is 24.8 Å².